The third-order valence-corrected chi connectivity index (χ3v) is 5.19. The first-order valence-corrected chi connectivity index (χ1v) is 9.99. The molecule has 1 aliphatic heterocycles. The van der Waals surface area contributed by atoms with E-state index in [2.05, 4.69) is 11.1 Å². The molecule has 0 atom stereocenters. The van der Waals surface area contributed by atoms with E-state index in [0.29, 0.717) is 38.0 Å². The summed E-state index contributed by atoms with van der Waals surface area (Å²) in [5.41, 5.74) is 2.45. The summed E-state index contributed by atoms with van der Waals surface area (Å²) < 4.78 is 19.8. The predicted molar refractivity (Wildman–Crippen MR) is 116 cm³/mol. The van der Waals surface area contributed by atoms with Crippen LogP contribution in [-0.4, -0.2) is 42.0 Å². The smallest absolute Gasteiger partial charge is 0.256 e. The van der Waals surface area contributed by atoms with Crippen molar-refractivity contribution in [3.05, 3.63) is 82.6 Å². The number of carbonyl (C=O) groups is 1. The van der Waals surface area contributed by atoms with Gasteiger partial charge in [0.1, 0.15) is 11.9 Å². The van der Waals surface area contributed by atoms with Crippen LogP contribution < -0.4 is 4.90 Å². The van der Waals surface area contributed by atoms with Crippen molar-refractivity contribution in [2.75, 3.05) is 31.1 Å². The standard InChI is InChI=1S/C24H21FN4O2/c1-17-6-8-18(9-7-17)10-11-22-27-21(16-26)24(31-22)29-14-12-28(13-15-29)23(30)19-4-2-3-5-20(19)25/h2-11H,12-15H2,1H3/b11-10+. The van der Waals surface area contributed by atoms with E-state index < -0.39 is 5.82 Å². The second kappa shape index (κ2) is 8.84. The summed E-state index contributed by atoms with van der Waals surface area (Å²) in [6.07, 6.45) is 3.61. The van der Waals surface area contributed by atoms with Crippen LogP contribution in [0.2, 0.25) is 0 Å². The molecular formula is C24H21FN4O2. The van der Waals surface area contributed by atoms with Crippen LogP contribution >= 0.6 is 0 Å². The third-order valence-electron chi connectivity index (χ3n) is 5.19. The molecule has 1 fully saturated rings. The highest BCUT2D eigenvalue weighted by Crippen LogP contribution is 2.25. The Balaban J connectivity index is 1.45. The Bertz CT molecular complexity index is 1150. The first-order valence-electron chi connectivity index (χ1n) is 9.99. The zero-order valence-corrected chi connectivity index (χ0v) is 17.1. The minimum atomic E-state index is -0.526. The lowest BCUT2D eigenvalue weighted by Gasteiger charge is -2.34. The molecule has 4 rings (SSSR count). The highest BCUT2D eigenvalue weighted by molar-refractivity contribution is 5.94. The van der Waals surface area contributed by atoms with Gasteiger partial charge in [0.25, 0.3) is 5.91 Å². The molecule has 31 heavy (non-hydrogen) atoms. The summed E-state index contributed by atoms with van der Waals surface area (Å²) in [4.78, 5) is 20.4. The minimum Gasteiger partial charge on any atom is -0.420 e. The second-order valence-corrected chi connectivity index (χ2v) is 7.32. The lowest BCUT2D eigenvalue weighted by Crippen LogP contribution is -2.49. The summed E-state index contributed by atoms with van der Waals surface area (Å²) in [7, 11) is 0. The topological polar surface area (TPSA) is 73.4 Å². The summed E-state index contributed by atoms with van der Waals surface area (Å²) in [5.74, 6) is -0.125. The minimum absolute atomic E-state index is 0.0665. The molecule has 1 saturated heterocycles. The van der Waals surface area contributed by atoms with Crippen LogP contribution in [0.25, 0.3) is 12.2 Å². The molecule has 0 N–H and O–H groups in total. The summed E-state index contributed by atoms with van der Waals surface area (Å²) >= 11 is 0. The molecule has 0 unspecified atom stereocenters. The van der Waals surface area contributed by atoms with E-state index in [-0.39, 0.29) is 17.2 Å². The van der Waals surface area contributed by atoms with Crippen molar-refractivity contribution < 1.29 is 13.6 Å². The van der Waals surface area contributed by atoms with E-state index in [4.69, 9.17) is 4.42 Å². The van der Waals surface area contributed by atoms with Crippen LogP contribution in [0.4, 0.5) is 10.3 Å². The average Bonchev–Trinajstić information content (AvgIpc) is 3.22. The van der Waals surface area contributed by atoms with Gasteiger partial charge < -0.3 is 14.2 Å². The Hall–Kier alpha value is -3.92. The Labute approximate surface area is 179 Å². The molecule has 1 amide bonds. The normalized spacial score (nSPS) is 14.1. The average molecular weight is 416 g/mol. The number of aryl methyl sites for hydroxylation is 1. The first-order chi connectivity index (χ1) is 15.0. The number of oxazole rings is 1. The van der Waals surface area contributed by atoms with Crippen LogP contribution in [0.15, 0.2) is 52.9 Å². The van der Waals surface area contributed by atoms with Gasteiger partial charge >= 0.3 is 0 Å². The summed E-state index contributed by atoms with van der Waals surface area (Å²) in [6, 6.07) is 16.1. The number of halogens is 1. The van der Waals surface area contributed by atoms with Crippen molar-refractivity contribution in [3.8, 4) is 6.07 Å². The van der Waals surface area contributed by atoms with Crippen molar-refractivity contribution in [1.82, 2.24) is 9.88 Å². The SMILES string of the molecule is Cc1ccc(/C=C/c2nc(C#N)c(N3CCN(C(=O)c4ccccc4F)CC3)o2)cc1. The number of piperazine rings is 1. The number of carbonyl (C=O) groups excluding carboxylic acids is 1. The van der Waals surface area contributed by atoms with E-state index >= 15 is 0 Å². The number of benzene rings is 2. The summed E-state index contributed by atoms with van der Waals surface area (Å²) in [6.45, 7) is 3.74. The van der Waals surface area contributed by atoms with Gasteiger partial charge in [-0.15, -0.1) is 0 Å². The van der Waals surface area contributed by atoms with Crippen LogP contribution in [0.3, 0.4) is 0 Å². The molecule has 1 aromatic heterocycles. The number of nitrogens with zero attached hydrogens (tertiary/aromatic N) is 4. The van der Waals surface area contributed by atoms with Crippen LogP contribution in [0, 0.1) is 24.1 Å². The Morgan fingerprint density at radius 2 is 1.81 bits per heavy atom. The maximum absolute atomic E-state index is 13.9. The molecule has 2 heterocycles. The molecule has 0 radical (unpaired) electrons. The molecule has 156 valence electrons. The van der Waals surface area contributed by atoms with E-state index in [0.717, 1.165) is 5.56 Å². The quantitative estimate of drug-likeness (QED) is 0.640. The van der Waals surface area contributed by atoms with E-state index in [1.54, 1.807) is 23.1 Å². The summed E-state index contributed by atoms with van der Waals surface area (Å²) in [5, 5.41) is 9.47. The largest absolute Gasteiger partial charge is 0.420 e. The van der Waals surface area contributed by atoms with Gasteiger partial charge in [0.15, 0.2) is 0 Å². The number of hydrogen-bond acceptors (Lipinski definition) is 5. The Morgan fingerprint density at radius 3 is 2.48 bits per heavy atom. The number of rotatable bonds is 4. The molecule has 0 spiro atoms. The highest BCUT2D eigenvalue weighted by atomic mass is 19.1. The van der Waals surface area contributed by atoms with Gasteiger partial charge in [-0.05, 0) is 30.7 Å². The first kappa shape index (κ1) is 20.4. The van der Waals surface area contributed by atoms with Gasteiger partial charge in [-0.3, -0.25) is 4.79 Å². The van der Waals surface area contributed by atoms with Crippen molar-refractivity contribution in [2.45, 2.75) is 6.92 Å². The Kier molecular flexibility index (Phi) is 5.80. The second-order valence-electron chi connectivity index (χ2n) is 7.32. The van der Waals surface area contributed by atoms with Gasteiger partial charge in [0.05, 0.1) is 5.56 Å². The fourth-order valence-corrected chi connectivity index (χ4v) is 3.45. The lowest BCUT2D eigenvalue weighted by atomic mass is 10.1. The molecule has 0 bridgehead atoms. The number of anilines is 1. The van der Waals surface area contributed by atoms with E-state index in [1.807, 2.05) is 42.2 Å². The molecule has 7 heteroatoms. The van der Waals surface area contributed by atoms with Gasteiger partial charge in [-0.1, -0.05) is 42.0 Å². The van der Waals surface area contributed by atoms with Crippen LogP contribution in [0.1, 0.15) is 33.1 Å². The number of aromatic nitrogens is 1. The van der Waals surface area contributed by atoms with Gasteiger partial charge in [0, 0.05) is 32.3 Å². The molecule has 1 aliphatic rings. The molecule has 0 saturated carbocycles. The molecule has 0 aliphatic carbocycles. The van der Waals surface area contributed by atoms with Gasteiger partial charge in [-0.2, -0.15) is 10.2 Å². The van der Waals surface area contributed by atoms with Crippen molar-refractivity contribution in [3.63, 3.8) is 0 Å². The van der Waals surface area contributed by atoms with E-state index in [9.17, 15) is 14.4 Å². The van der Waals surface area contributed by atoms with Gasteiger partial charge in [-0.25, -0.2) is 4.39 Å². The fourth-order valence-electron chi connectivity index (χ4n) is 3.45. The van der Waals surface area contributed by atoms with Crippen molar-refractivity contribution >= 4 is 23.9 Å². The zero-order chi connectivity index (χ0) is 21.8. The van der Waals surface area contributed by atoms with Crippen molar-refractivity contribution in [2.24, 2.45) is 0 Å². The number of amides is 1. The van der Waals surface area contributed by atoms with Crippen LogP contribution in [0.5, 0.6) is 0 Å². The maximum atomic E-state index is 13.9. The molecule has 3 aromatic rings. The van der Waals surface area contributed by atoms with Gasteiger partial charge in [0.2, 0.25) is 17.5 Å². The molecular weight excluding hydrogens is 395 g/mol. The van der Waals surface area contributed by atoms with Crippen molar-refractivity contribution in [1.29, 1.82) is 5.26 Å². The number of nitriles is 1. The highest BCUT2D eigenvalue weighted by Gasteiger charge is 2.27. The predicted octanol–water partition coefficient (Wildman–Crippen LogP) is 4.13. The van der Waals surface area contributed by atoms with Crippen LogP contribution in [-0.2, 0) is 0 Å². The fraction of sp³-hybridized carbons (Fsp3) is 0.208. The number of hydrogen-bond donors (Lipinski definition) is 0. The van der Waals surface area contributed by atoms with E-state index in [1.165, 1.54) is 17.7 Å². The third kappa shape index (κ3) is 4.48. The molecule has 6 nitrogen and oxygen atoms in total. The maximum Gasteiger partial charge on any atom is 0.256 e. The zero-order valence-electron chi connectivity index (χ0n) is 17.1. The monoisotopic (exact) mass is 416 g/mol. The Morgan fingerprint density at radius 1 is 1.10 bits per heavy atom. The lowest BCUT2D eigenvalue weighted by molar-refractivity contribution is 0.0740. The molecule has 2 aromatic carbocycles.